The highest BCUT2D eigenvalue weighted by Crippen LogP contribution is 2.30. The van der Waals surface area contributed by atoms with E-state index in [1.54, 1.807) is 20.8 Å². The molecule has 124 valence electrons. The maximum absolute atomic E-state index is 8.57. The van der Waals surface area contributed by atoms with Crippen LogP contribution in [0.2, 0.25) is 0 Å². The van der Waals surface area contributed by atoms with Gasteiger partial charge in [0.1, 0.15) is 5.52 Å². The zero-order valence-electron chi connectivity index (χ0n) is 25.9. The Morgan fingerprint density at radius 3 is 2.12 bits per heavy atom. The van der Waals surface area contributed by atoms with Crippen LogP contribution >= 0.6 is 0 Å². The number of rotatable bonds is 2. The highest BCUT2D eigenvalue weighted by atomic mass is 16.3. The van der Waals surface area contributed by atoms with Crippen LogP contribution in [0, 0.1) is 0 Å². The molecule has 0 saturated carbocycles. The summed E-state index contributed by atoms with van der Waals surface area (Å²) >= 11 is 0. The third kappa shape index (κ3) is 3.08. The molecule has 0 aliphatic carbocycles. The van der Waals surface area contributed by atoms with Crippen LogP contribution in [0.1, 0.15) is 42.8 Å². The largest absolute Gasteiger partial charge is 0.436 e. The fourth-order valence-corrected chi connectivity index (χ4v) is 2.16. The summed E-state index contributed by atoms with van der Waals surface area (Å²) in [7, 11) is 0. The molecule has 0 amide bonds. The number of oxazole rings is 1. The van der Waals surface area contributed by atoms with Crippen molar-refractivity contribution < 1.29 is 20.9 Å². The smallest absolute Gasteiger partial charge is 0.227 e. The number of benzene rings is 3. The van der Waals surface area contributed by atoms with E-state index in [2.05, 4.69) is 4.98 Å². The Morgan fingerprint density at radius 1 is 0.800 bits per heavy atom. The molecule has 0 aliphatic heterocycles. The molecule has 0 atom stereocenters. The fourth-order valence-electron chi connectivity index (χ4n) is 2.16. The third-order valence-corrected chi connectivity index (χ3v) is 3.51. The monoisotopic (exact) mass is 339 g/mol. The van der Waals surface area contributed by atoms with E-state index < -0.39 is 76.8 Å². The predicted octanol–water partition coefficient (Wildman–Crippen LogP) is 6.46. The second-order valence-corrected chi connectivity index (χ2v) is 6.45. The summed E-state index contributed by atoms with van der Waals surface area (Å²) in [6.07, 6.45) is 0. The van der Waals surface area contributed by atoms with Gasteiger partial charge in [-0.3, -0.25) is 0 Å². The summed E-state index contributed by atoms with van der Waals surface area (Å²) in [5, 5.41) is 0. The van der Waals surface area contributed by atoms with Crippen molar-refractivity contribution in [3.05, 3.63) is 78.1 Å². The Morgan fingerprint density at radius 2 is 1.44 bits per heavy atom. The molecule has 2 heteroatoms. The summed E-state index contributed by atoms with van der Waals surface area (Å²) in [5.41, 5.74) is -1.99. The van der Waals surface area contributed by atoms with E-state index in [0.717, 1.165) is 0 Å². The number of hydrogen-bond donors (Lipinski definition) is 0. The molecule has 4 aromatic rings. The predicted molar refractivity (Wildman–Crippen MR) is 104 cm³/mol. The first-order chi connectivity index (χ1) is 17.0. The van der Waals surface area contributed by atoms with Gasteiger partial charge in [0.05, 0.1) is 16.4 Å². The summed E-state index contributed by atoms with van der Waals surface area (Å²) in [6.45, 7) is 5.35. The van der Waals surface area contributed by atoms with Crippen LogP contribution in [0.15, 0.2) is 76.9 Å². The van der Waals surface area contributed by atoms with Gasteiger partial charge in [0.15, 0.2) is 5.58 Å². The van der Waals surface area contributed by atoms with Gasteiger partial charge in [0.25, 0.3) is 0 Å². The molecule has 3 aromatic carbocycles. The minimum absolute atomic E-state index is 0.0625. The van der Waals surface area contributed by atoms with Gasteiger partial charge in [0, 0.05) is 5.56 Å². The Balaban J connectivity index is 2.06. The molecule has 0 radical (unpaired) electrons. The minimum atomic E-state index is -0.678. The van der Waals surface area contributed by atoms with E-state index in [1.165, 1.54) is 0 Å². The van der Waals surface area contributed by atoms with E-state index in [9.17, 15) is 0 Å². The van der Waals surface area contributed by atoms with Gasteiger partial charge in [-0.1, -0.05) is 69.1 Å². The first kappa shape index (κ1) is 7.17. The Hall–Kier alpha value is -2.87. The highest BCUT2D eigenvalue weighted by molar-refractivity contribution is 5.78. The van der Waals surface area contributed by atoms with Crippen LogP contribution < -0.4 is 0 Å². The molecule has 0 bridgehead atoms. The van der Waals surface area contributed by atoms with Crippen molar-refractivity contribution in [1.29, 1.82) is 0 Å². The molecule has 0 fully saturated rings. The zero-order valence-corrected chi connectivity index (χ0v) is 13.9. The molecule has 0 saturated heterocycles. The number of nitrogens with zero attached hydrogens (tertiary/aromatic N) is 1. The number of fused-ring (bicyclic) bond motifs is 1. The second-order valence-electron chi connectivity index (χ2n) is 6.45. The molecular weight excluding hydrogens is 306 g/mol. The quantitative estimate of drug-likeness (QED) is 0.419. The average Bonchev–Trinajstić information content (AvgIpc) is 3.26. The van der Waals surface area contributed by atoms with Crippen LogP contribution in [0.3, 0.4) is 0 Å². The van der Waals surface area contributed by atoms with Crippen LogP contribution in [0.25, 0.3) is 33.7 Å². The van der Waals surface area contributed by atoms with Crippen LogP contribution in [0.5, 0.6) is 0 Å². The molecule has 0 spiro atoms. The van der Waals surface area contributed by atoms with Crippen molar-refractivity contribution in [2.75, 3.05) is 0 Å². The summed E-state index contributed by atoms with van der Waals surface area (Å²) in [5.74, 6) is -0.396. The maximum Gasteiger partial charge on any atom is 0.227 e. The summed E-state index contributed by atoms with van der Waals surface area (Å²) in [4.78, 5) is 4.22. The molecular formula is C23H21NO. The van der Waals surface area contributed by atoms with Crippen molar-refractivity contribution >= 4 is 11.1 Å². The topological polar surface area (TPSA) is 26.0 Å². The molecule has 25 heavy (non-hydrogen) atoms. The minimum Gasteiger partial charge on any atom is -0.436 e. The van der Waals surface area contributed by atoms with Gasteiger partial charge in [0.2, 0.25) is 5.89 Å². The lowest BCUT2D eigenvalue weighted by molar-refractivity contribution is 0.590. The van der Waals surface area contributed by atoms with Crippen molar-refractivity contribution in [1.82, 2.24) is 4.98 Å². The van der Waals surface area contributed by atoms with Gasteiger partial charge >= 0.3 is 0 Å². The normalized spacial score (nSPS) is 18.5. The van der Waals surface area contributed by atoms with E-state index >= 15 is 0 Å². The molecule has 2 nitrogen and oxygen atoms in total. The number of aromatic nitrogens is 1. The molecule has 1 heterocycles. The highest BCUT2D eigenvalue weighted by Gasteiger charge is 2.16. The van der Waals surface area contributed by atoms with E-state index in [4.69, 9.17) is 20.9 Å². The SMILES string of the molecule is [2H]c1c([2H])c([2H])c(-c2c([2H])c([2H])c(-c3nc4c([2H])c(C(C)(C)C)c([2H])c([2H])c4o3)c([2H])c2[2H])c([2H])c1[2H]. The van der Waals surface area contributed by atoms with Gasteiger partial charge in [-0.25, -0.2) is 4.98 Å². The lowest BCUT2D eigenvalue weighted by Gasteiger charge is -2.18. The first-order valence-corrected chi connectivity index (χ1v) is 7.61. The first-order valence-electron chi connectivity index (χ1n) is 13.6. The molecule has 4 rings (SSSR count). The lowest BCUT2D eigenvalue weighted by Crippen LogP contribution is -2.10. The van der Waals surface area contributed by atoms with Crippen LogP contribution in [-0.2, 0) is 5.41 Å². The van der Waals surface area contributed by atoms with E-state index in [-0.39, 0.29) is 40.4 Å². The van der Waals surface area contributed by atoms with Gasteiger partial charge in [-0.2, -0.15) is 0 Å². The average molecular weight is 340 g/mol. The summed E-state index contributed by atoms with van der Waals surface area (Å²) < 4.78 is 105. The van der Waals surface area contributed by atoms with E-state index in [0.29, 0.717) is 0 Å². The summed E-state index contributed by atoms with van der Waals surface area (Å²) in [6, 6.07) is -6.69. The van der Waals surface area contributed by atoms with Crippen molar-refractivity contribution in [2.24, 2.45) is 0 Å². The van der Waals surface area contributed by atoms with Crippen molar-refractivity contribution in [3.8, 4) is 22.6 Å². The molecule has 0 unspecified atom stereocenters. The van der Waals surface area contributed by atoms with Gasteiger partial charge in [-0.05, 0) is 46.3 Å². The Labute approximate surface area is 165 Å². The standard InChI is InChI=1S/C23H21NO/c1-23(2,3)19-13-14-21-20(15-19)24-22(25-21)18-11-9-17(10-12-18)16-7-5-4-6-8-16/h4-15H,1-3H3/i4D,5D,6D,7D,8D,9D,10D,11D,12D,13D,14D,15D. The van der Waals surface area contributed by atoms with Crippen LogP contribution in [-0.4, -0.2) is 4.98 Å². The Kier molecular flexibility index (Phi) is 1.69. The molecule has 0 aliphatic rings. The van der Waals surface area contributed by atoms with Crippen molar-refractivity contribution in [3.63, 3.8) is 0 Å². The van der Waals surface area contributed by atoms with Gasteiger partial charge < -0.3 is 4.42 Å². The number of hydrogen-bond acceptors (Lipinski definition) is 2. The Bertz CT molecular complexity index is 1580. The van der Waals surface area contributed by atoms with Gasteiger partial charge in [-0.15, -0.1) is 0 Å². The molecule has 1 aromatic heterocycles. The van der Waals surface area contributed by atoms with Crippen LogP contribution in [0.4, 0.5) is 0 Å². The fraction of sp³-hybridized carbons (Fsp3) is 0.174. The van der Waals surface area contributed by atoms with Crippen molar-refractivity contribution in [2.45, 2.75) is 26.2 Å². The third-order valence-electron chi connectivity index (χ3n) is 3.51. The second kappa shape index (κ2) is 5.89. The maximum atomic E-state index is 8.57. The molecule has 0 N–H and O–H groups in total. The lowest BCUT2D eigenvalue weighted by atomic mass is 9.87. The zero-order chi connectivity index (χ0) is 27.9. The van der Waals surface area contributed by atoms with E-state index in [1.807, 2.05) is 0 Å².